The van der Waals surface area contributed by atoms with Crippen LogP contribution < -0.4 is 0 Å². The standard InChI is InChI=1S/C21H25F3S/c1-20(2,3)25-15-18-9-7-16(8-10-18)5-4-6-17-11-13-19(14-12-17)21(22,23)24/h7-14H,4-6,15H2,1-3H3. The summed E-state index contributed by atoms with van der Waals surface area (Å²) in [6, 6.07) is 14.1. The summed E-state index contributed by atoms with van der Waals surface area (Å²) < 4.78 is 37.9. The second-order valence-corrected chi connectivity index (χ2v) is 9.07. The molecule has 2 aromatic carbocycles. The average Bonchev–Trinajstić information content (AvgIpc) is 2.53. The third kappa shape index (κ3) is 7.15. The topological polar surface area (TPSA) is 0 Å². The van der Waals surface area contributed by atoms with Crippen molar-refractivity contribution in [3.05, 3.63) is 70.8 Å². The third-order valence-corrected chi connectivity index (χ3v) is 5.25. The molecule has 0 amide bonds. The molecule has 0 N–H and O–H groups in total. The Bertz CT molecular complexity index is 650. The van der Waals surface area contributed by atoms with Gasteiger partial charge in [0.05, 0.1) is 5.56 Å². The molecule has 0 atom stereocenters. The number of aryl methyl sites for hydroxylation is 2. The first-order valence-electron chi connectivity index (χ1n) is 8.51. The van der Waals surface area contributed by atoms with E-state index in [0.717, 1.165) is 42.7 Å². The third-order valence-electron chi connectivity index (χ3n) is 3.91. The van der Waals surface area contributed by atoms with E-state index in [1.165, 1.54) is 11.1 Å². The maximum absolute atomic E-state index is 12.5. The van der Waals surface area contributed by atoms with E-state index < -0.39 is 11.7 Å². The van der Waals surface area contributed by atoms with Gasteiger partial charge >= 0.3 is 6.18 Å². The maximum atomic E-state index is 12.5. The molecule has 2 aromatic rings. The van der Waals surface area contributed by atoms with E-state index in [0.29, 0.717) is 0 Å². The number of thioether (sulfide) groups is 1. The fourth-order valence-corrected chi connectivity index (χ4v) is 3.25. The molecule has 0 aliphatic rings. The lowest BCUT2D eigenvalue weighted by molar-refractivity contribution is -0.137. The Hall–Kier alpha value is -1.42. The molecule has 25 heavy (non-hydrogen) atoms. The van der Waals surface area contributed by atoms with Crippen molar-refractivity contribution in [2.75, 3.05) is 0 Å². The normalized spacial score (nSPS) is 12.4. The minimum absolute atomic E-state index is 0.264. The van der Waals surface area contributed by atoms with Gasteiger partial charge in [-0.05, 0) is 48.1 Å². The van der Waals surface area contributed by atoms with Crippen LogP contribution >= 0.6 is 11.8 Å². The van der Waals surface area contributed by atoms with Crippen molar-refractivity contribution in [3.63, 3.8) is 0 Å². The number of alkyl halides is 3. The Labute approximate surface area is 152 Å². The summed E-state index contributed by atoms with van der Waals surface area (Å²) in [5.41, 5.74) is 2.97. The average molecular weight is 366 g/mol. The van der Waals surface area contributed by atoms with Gasteiger partial charge in [-0.2, -0.15) is 24.9 Å². The molecule has 0 aromatic heterocycles. The molecule has 0 saturated carbocycles. The zero-order valence-electron chi connectivity index (χ0n) is 15.0. The van der Waals surface area contributed by atoms with Crippen LogP contribution in [0.25, 0.3) is 0 Å². The highest BCUT2D eigenvalue weighted by Crippen LogP contribution is 2.29. The first-order chi connectivity index (χ1) is 11.6. The van der Waals surface area contributed by atoms with Crippen LogP contribution in [-0.2, 0) is 24.8 Å². The van der Waals surface area contributed by atoms with E-state index >= 15 is 0 Å². The van der Waals surface area contributed by atoms with E-state index in [9.17, 15) is 13.2 Å². The smallest absolute Gasteiger partial charge is 0.166 e. The van der Waals surface area contributed by atoms with Crippen LogP contribution in [0.5, 0.6) is 0 Å². The maximum Gasteiger partial charge on any atom is 0.416 e. The van der Waals surface area contributed by atoms with E-state index in [4.69, 9.17) is 0 Å². The van der Waals surface area contributed by atoms with Crippen molar-refractivity contribution >= 4 is 11.8 Å². The number of hydrogen-bond donors (Lipinski definition) is 0. The van der Waals surface area contributed by atoms with Gasteiger partial charge < -0.3 is 0 Å². The minimum atomic E-state index is -4.26. The second-order valence-electron chi connectivity index (χ2n) is 7.27. The van der Waals surface area contributed by atoms with E-state index in [2.05, 4.69) is 45.0 Å². The Kier molecular flexibility index (Phi) is 6.61. The highest BCUT2D eigenvalue weighted by molar-refractivity contribution is 7.99. The van der Waals surface area contributed by atoms with Gasteiger partial charge in [0.2, 0.25) is 0 Å². The van der Waals surface area contributed by atoms with Crippen LogP contribution in [0.2, 0.25) is 0 Å². The molecule has 0 heterocycles. The van der Waals surface area contributed by atoms with Gasteiger partial charge in [-0.25, -0.2) is 0 Å². The Morgan fingerprint density at radius 3 is 1.60 bits per heavy atom. The first-order valence-corrected chi connectivity index (χ1v) is 9.50. The summed E-state index contributed by atoms with van der Waals surface area (Å²) in [5, 5.41) is 0. The van der Waals surface area contributed by atoms with E-state index in [-0.39, 0.29) is 4.75 Å². The van der Waals surface area contributed by atoms with Crippen LogP contribution in [0.1, 0.15) is 49.4 Å². The summed E-state index contributed by atoms with van der Waals surface area (Å²) in [7, 11) is 0. The molecule has 0 aliphatic carbocycles. The van der Waals surface area contributed by atoms with E-state index in [1.807, 2.05) is 11.8 Å². The fourth-order valence-electron chi connectivity index (χ4n) is 2.46. The number of halogens is 3. The van der Waals surface area contributed by atoms with Crippen molar-refractivity contribution in [2.45, 2.75) is 56.7 Å². The molecule has 0 radical (unpaired) electrons. The molecule has 0 spiro atoms. The Balaban J connectivity index is 1.80. The van der Waals surface area contributed by atoms with Crippen molar-refractivity contribution in [3.8, 4) is 0 Å². The van der Waals surface area contributed by atoms with Crippen molar-refractivity contribution < 1.29 is 13.2 Å². The van der Waals surface area contributed by atoms with Gasteiger partial charge in [-0.15, -0.1) is 0 Å². The summed E-state index contributed by atoms with van der Waals surface area (Å²) in [5.74, 6) is 1.01. The SMILES string of the molecule is CC(C)(C)SCc1ccc(CCCc2ccc(C(F)(F)F)cc2)cc1. The van der Waals surface area contributed by atoms with Gasteiger partial charge in [0.25, 0.3) is 0 Å². The summed E-state index contributed by atoms with van der Waals surface area (Å²) in [6.07, 6.45) is -1.60. The van der Waals surface area contributed by atoms with Crippen molar-refractivity contribution in [2.24, 2.45) is 0 Å². The molecule has 0 aliphatic heterocycles. The van der Waals surface area contributed by atoms with Crippen LogP contribution in [0.4, 0.5) is 13.2 Å². The lowest BCUT2D eigenvalue weighted by atomic mass is 10.0. The zero-order valence-corrected chi connectivity index (χ0v) is 15.8. The number of benzene rings is 2. The van der Waals surface area contributed by atoms with Gasteiger partial charge in [-0.3, -0.25) is 0 Å². The van der Waals surface area contributed by atoms with Gasteiger partial charge in [0, 0.05) is 10.5 Å². The Morgan fingerprint density at radius 1 is 0.720 bits per heavy atom. The highest BCUT2D eigenvalue weighted by atomic mass is 32.2. The first kappa shape index (κ1) is 19.9. The lowest BCUT2D eigenvalue weighted by Crippen LogP contribution is -2.07. The molecule has 136 valence electrons. The lowest BCUT2D eigenvalue weighted by Gasteiger charge is -2.17. The van der Waals surface area contributed by atoms with Crippen LogP contribution in [0.3, 0.4) is 0 Å². The monoisotopic (exact) mass is 366 g/mol. The zero-order chi connectivity index (χ0) is 18.5. The van der Waals surface area contributed by atoms with Crippen molar-refractivity contribution in [1.82, 2.24) is 0 Å². The summed E-state index contributed by atoms with van der Waals surface area (Å²) in [6.45, 7) is 6.65. The highest BCUT2D eigenvalue weighted by Gasteiger charge is 2.29. The number of rotatable bonds is 6. The molecule has 2 rings (SSSR count). The number of hydrogen-bond acceptors (Lipinski definition) is 1. The van der Waals surface area contributed by atoms with Gasteiger partial charge in [-0.1, -0.05) is 57.2 Å². The molecule has 0 bridgehead atoms. The van der Waals surface area contributed by atoms with E-state index in [1.54, 1.807) is 12.1 Å². The van der Waals surface area contributed by atoms with Gasteiger partial charge in [0.1, 0.15) is 0 Å². The molecule has 0 fully saturated rings. The minimum Gasteiger partial charge on any atom is -0.166 e. The molecular formula is C21H25F3S. The van der Waals surface area contributed by atoms with Crippen LogP contribution in [0, 0.1) is 0 Å². The van der Waals surface area contributed by atoms with Crippen LogP contribution in [-0.4, -0.2) is 4.75 Å². The van der Waals surface area contributed by atoms with Crippen molar-refractivity contribution in [1.29, 1.82) is 0 Å². The summed E-state index contributed by atoms with van der Waals surface area (Å²) >= 11 is 1.93. The van der Waals surface area contributed by atoms with Gasteiger partial charge in [0.15, 0.2) is 0 Å². The molecule has 4 heteroatoms. The largest absolute Gasteiger partial charge is 0.416 e. The quantitative estimate of drug-likeness (QED) is 0.535. The fraction of sp³-hybridized carbons (Fsp3) is 0.429. The Morgan fingerprint density at radius 2 is 1.16 bits per heavy atom. The van der Waals surface area contributed by atoms with Crippen LogP contribution in [0.15, 0.2) is 48.5 Å². The second kappa shape index (κ2) is 8.31. The molecule has 0 nitrogen and oxygen atoms in total. The summed E-state index contributed by atoms with van der Waals surface area (Å²) in [4.78, 5) is 0. The molecule has 0 saturated heterocycles. The molecule has 0 unspecified atom stereocenters. The predicted molar refractivity (Wildman–Crippen MR) is 101 cm³/mol. The predicted octanol–water partition coefficient (Wildman–Crippen LogP) is 6.91. The molecular weight excluding hydrogens is 341 g/mol.